The molecule has 18 heavy (non-hydrogen) atoms. The van der Waals surface area contributed by atoms with Crippen LogP contribution in [0.3, 0.4) is 0 Å². The number of benzene rings is 1. The van der Waals surface area contributed by atoms with Crippen LogP contribution in [-0.2, 0) is 6.54 Å². The van der Waals surface area contributed by atoms with Gasteiger partial charge in [-0.2, -0.15) is 13.2 Å². The minimum atomic E-state index is -4.22. The van der Waals surface area contributed by atoms with Crippen molar-refractivity contribution in [2.75, 3.05) is 12.3 Å². The summed E-state index contributed by atoms with van der Waals surface area (Å²) >= 11 is 11.4. The van der Waals surface area contributed by atoms with Gasteiger partial charge in [-0.1, -0.05) is 23.2 Å². The minimum absolute atomic E-state index is 0.0979. The highest BCUT2D eigenvalue weighted by atomic mass is 35.5. The average molecular weight is 320 g/mol. The maximum atomic E-state index is 11.8. The Hall–Kier alpha value is -0.300. The quantitative estimate of drug-likeness (QED) is 0.803. The second-order valence-electron chi connectivity index (χ2n) is 3.37. The van der Waals surface area contributed by atoms with Crippen LogP contribution in [0.4, 0.5) is 13.2 Å². The van der Waals surface area contributed by atoms with Gasteiger partial charge in [0.15, 0.2) is 0 Å². The molecule has 0 unspecified atom stereocenters. The van der Waals surface area contributed by atoms with E-state index in [1.807, 2.05) is 0 Å². The van der Waals surface area contributed by atoms with Gasteiger partial charge in [-0.3, -0.25) is 0 Å². The molecule has 0 aliphatic carbocycles. The molecule has 0 bridgehead atoms. The number of rotatable bonds is 5. The normalized spacial score (nSPS) is 11.8. The number of hydrogen-bond acceptors (Lipinski definition) is 3. The molecule has 0 radical (unpaired) electrons. The molecule has 2 N–H and O–H groups in total. The lowest BCUT2D eigenvalue weighted by atomic mass is 10.2. The summed E-state index contributed by atoms with van der Waals surface area (Å²) in [4.78, 5) is 0. The van der Waals surface area contributed by atoms with Crippen LogP contribution in [0.2, 0.25) is 10.0 Å². The number of thioether (sulfide) groups is 1. The van der Waals surface area contributed by atoms with E-state index in [1.165, 1.54) is 12.1 Å². The molecule has 0 aromatic heterocycles. The van der Waals surface area contributed by atoms with Gasteiger partial charge >= 0.3 is 5.51 Å². The van der Waals surface area contributed by atoms with Crippen molar-refractivity contribution in [1.29, 1.82) is 0 Å². The summed E-state index contributed by atoms with van der Waals surface area (Å²) in [5.74, 6) is -0.213. The highest BCUT2D eigenvalue weighted by Gasteiger charge is 2.27. The summed E-state index contributed by atoms with van der Waals surface area (Å²) < 4.78 is 35.5. The third-order valence-corrected chi connectivity index (χ3v) is 3.21. The van der Waals surface area contributed by atoms with Crippen molar-refractivity contribution < 1.29 is 18.3 Å². The first-order valence-corrected chi connectivity index (χ1v) is 6.62. The summed E-state index contributed by atoms with van der Waals surface area (Å²) in [6.45, 7) is 0.359. The van der Waals surface area contributed by atoms with E-state index in [4.69, 9.17) is 23.2 Å². The van der Waals surface area contributed by atoms with Gasteiger partial charge in [0.05, 0.1) is 5.02 Å². The number of hydrogen-bond donors (Lipinski definition) is 2. The average Bonchev–Trinajstić information content (AvgIpc) is 2.22. The molecule has 1 aromatic carbocycles. The number of aromatic hydroxyl groups is 1. The first-order chi connectivity index (χ1) is 8.29. The predicted octanol–water partition coefficient (Wildman–Crippen LogP) is 4.04. The van der Waals surface area contributed by atoms with Crippen LogP contribution in [0.5, 0.6) is 5.75 Å². The number of halogens is 5. The van der Waals surface area contributed by atoms with E-state index in [-0.39, 0.29) is 41.4 Å². The highest BCUT2D eigenvalue weighted by Crippen LogP contribution is 2.31. The van der Waals surface area contributed by atoms with Crippen molar-refractivity contribution in [3.05, 3.63) is 27.7 Å². The lowest BCUT2D eigenvalue weighted by Gasteiger charge is -2.09. The SMILES string of the molecule is Oc1c(Cl)cc(Cl)cc1CNCCSC(F)(F)F. The Labute approximate surface area is 116 Å². The van der Waals surface area contributed by atoms with E-state index in [2.05, 4.69) is 5.32 Å². The van der Waals surface area contributed by atoms with Crippen molar-refractivity contribution in [2.24, 2.45) is 0 Å². The van der Waals surface area contributed by atoms with Crippen LogP contribution in [0.1, 0.15) is 5.56 Å². The molecule has 0 aliphatic rings. The standard InChI is InChI=1S/C10H10Cl2F3NOS/c11-7-3-6(9(17)8(12)4-7)5-16-1-2-18-10(13,14)15/h3-4,16-17H,1-2,5H2. The predicted molar refractivity (Wildman–Crippen MR) is 68.3 cm³/mol. The fourth-order valence-electron chi connectivity index (χ4n) is 1.22. The number of phenols is 1. The van der Waals surface area contributed by atoms with E-state index in [0.29, 0.717) is 10.6 Å². The molecule has 0 heterocycles. The summed E-state index contributed by atoms with van der Waals surface area (Å²) in [7, 11) is 0. The maximum Gasteiger partial charge on any atom is 0.441 e. The minimum Gasteiger partial charge on any atom is -0.506 e. The number of nitrogens with one attached hydrogen (secondary N) is 1. The molecule has 8 heteroatoms. The highest BCUT2D eigenvalue weighted by molar-refractivity contribution is 8.00. The fraction of sp³-hybridized carbons (Fsp3) is 0.400. The van der Waals surface area contributed by atoms with Gasteiger partial charge in [0, 0.05) is 29.4 Å². The van der Waals surface area contributed by atoms with Gasteiger partial charge in [0.2, 0.25) is 0 Å². The number of alkyl halides is 3. The van der Waals surface area contributed by atoms with Crippen LogP contribution in [0.25, 0.3) is 0 Å². The van der Waals surface area contributed by atoms with E-state index < -0.39 is 5.51 Å². The van der Waals surface area contributed by atoms with Gasteiger partial charge in [-0.15, -0.1) is 0 Å². The van der Waals surface area contributed by atoms with Gasteiger partial charge in [-0.25, -0.2) is 0 Å². The second-order valence-corrected chi connectivity index (χ2v) is 5.37. The van der Waals surface area contributed by atoms with Crippen molar-refractivity contribution in [2.45, 2.75) is 12.1 Å². The Kier molecular flexibility index (Phi) is 5.91. The van der Waals surface area contributed by atoms with Crippen molar-refractivity contribution in [3.63, 3.8) is 0 Å². The summed E-state index contributed by atoms with van der Waals surface area (Å²) in [5.41, 5.74) is -3.77. The molecule has 102 valence electrons. The fourth-order valence-corrected chi connectivity index (χ4v) is 2.23. The van der Waals surface area contributed by atoms with Crippen molar-refractivity contribution in [3.8, 4) is 5.75 Å². The number of phenolic OH excluding ortho intramolecular Hbond substituents is 1. The van der Waals surface area contributed by atoms with Crippen LogP contribution >= 0.6 is 35.0 Å². The third kappa shape index (κ3) is 5.56. The van der Waals surface area contributed by atoms with Crippen molar-refractivity contribution in [1.82, 2.24) is 5.32 Å². The second kappa shape index (κ2) is 6.75. The Morgan fingerprint density at radius 3 is 2.56 bits per heavy atom. The zero-order valence-electron chi connectivity index (χ0n) is 9.02. The largest absolute Gasteiger partial charge is 0.506 e. The molecule has 0 amide bonds. The maximum absolute atomic E-state index is 11.8. The van der Waals surface area contributed by atoms with Gasteiger partial charge in [-0.05, 0) is 23.9 Å². The molecule has 0 saturated heterocycles. The Balaban J connectivity index is 2.40. The third-order valence-electron chi connectivity index (χ3n) is 1.97. The van der Waals surface area contributed by atoms with E-state index in [0.717, 1.165) is 0 Å². The molecule has 0 saturated carbocycles. The first kappa shape index (κ1) is 15.8. The molecule has 1 rings (SSSR count). The first-order valence-electron chi connectivity index (χ1n) is 4.88. The zero-order valence-corrected chi connectivity index (χ0v) is 11.3. The Bertz CT molecular complexity index is 415. The monoisotopic (exact) mass is 319 g/mol. The van der Waals surface area contributed by atoms with E-state index in [9.17, 15) is 18.3 Å². The van der Waals surface area contributed by atoms with Gasteiger partial charge in [0.25, 0.3) is 0 Å². The van der Waals surface area contributed by atoms with Crippen LogP contribution in [0, 0.1) is 0 Å². The van der Waals surface area contributed by atoms with Crippen LogP contribution in [0.15, 0.2) is 12.1 Å². The zero-order chi connectivity index (χ0) is 13.8. The molecule has 1 aromatic rings. The van der Waals surface area contributed by atoms with Gasteiger partial charge < -0.3 is 10.4 Å². The van der Waals surface area contributed by atoms with Gasteiger partial charge in [0.1, 0.15) is 5.75 Å². The van der Waals surface area contributed by atoms with E-state index in [1.54, 1.807) is 0 Å². The Morgan fingerprint density at radius 2 is 1.94 bits per heavy atom. The van der Waals surface area contributed by atoms with Crippen LogP contribution < -0.4 is 5.32 Å². The van der Waals surface area contributed by atoms with Crippen molar-refractivity contribution >= 4 is 35.0 Å². The molecule has 2 nitrogen and oxygen atoms in total. The summed E-state index contributed by atoms with van der Waals surface area (Å²) in [5, 5.41) is 12.8. The summed E-state index contributed by atoms with van der Waals surface area (Å²) in [6, 6.07) is 2.90. The van der Waals surface area contributed by atoms with E-state index >= 15 is 0 Å². The topological polar surface area (TPSA) is 32.3 Å². The lowest BCUT2D eigenvalue weighted by Crippen LogP contribution is -2.18. The molecular weight excluding hydrogens is 310 g/mol. The smallest absolute Gasteiger partial charge is 0.441 e. The Morgan fingerprint density at radius 1 is 1.28 bits per heavy atom. The molecule has 0 aliphatic heterocycles. The molecule has 0 atom stereocenters. The van der Waals surface area contributed by atoms with Crippen LogP contribution in [-0.4, -0.2) is 22.9 Å². The lowest BCUT2D eigenvalue weighted by molar-refractivity contribution is -0.0327. The summed E-state index contributed by atoms with van der Waals surface area (Å²) in [6.07, 6.45) is 0. The molecule has 0 fully saturated rings. The molecular formula is C10H10Cl2F3NOS. The molecule has 0 spiro atoms.